The monoisotopic (exact) mass is 487 g/mol. The van der Waals surface area contributed by atoms with E-state index in [1.165, 1.54) is 16.4 Å². The number of carboxylic acid groups (broad SMARTS) is 1. The van der Waals surface area contributed by atoms with Gasteiger partial charge in [-0.2, -0.15) is 4.37 Å². The predicted octanol–water partition coefficient (Wildman–Crippen LogP) is 2.16. The third-order valence-electron chi connectivity index (χ3n) is 6.30. The van der Waals surface area contributed by atoms with Crippen molar-refractivity contribution in [2.24, 2.45) is 5.92 Å². The van der Waals surface area contributed by atoms with E-state index in [1.54, 1.807) is 0 Å². The lowest BCUT2D eigenvalue weighted by Crippen LogP contribution is -2.48. The number of aromatic nitrogens is 3. The van der Waals surface area contributed by atoms with Gasteiger partial charge < -0.3 is 20.2 Å². The first-order chi connectivity index (χ1) is 16.4. The highest BCUT2D eigenvalue weighted by atomic mass is 32.1. The smallest absolute Gasteiger partial charge is 0.326 e. The number of carboxylic acids is 1. The molecule has 0 aromatic carbocycles. The van der Waals surface area contributed by atoms with Gasteiger partial charge in [0.1, 0.15) is 17.9 Å². The highest BCUT2D eigenvalue weighted by molar-refractivity contribution is 7.09. The number of aliphatic carboxylic acids is 1. The lowest BCUT2D eigenvalue weighted by atomic mass is 10.0. The van der Waals surface area contributed by atoms with Crippen molar-refractivity contribution in [3.05, 3.63) is 30.2 Å². The van der Waals surface area contributed by atoms with Crippen LogP contribution in [0, 0.1) is 5.92 Å². The normalized spacial score (nSPS) is 20.0. The maximum absolute atomic E-state index is 13.2. The predicted molar refractivity (Wildman–Crippen MR) is 131 cm³/mol. The minimum absolute atomic E-state index is 0.166. The number of nitrogens with one attached hydrogen (secondary N) is 1. The van der Waals surface area contributed by atoms with Crippen molar-refractivity contribution in [3.63, 3.8) is 0 Å². The standard InChI is InChI=1S/C23H33N7O3S/c1-16(2)14-17(21(31)30-9-5-6-18(30)22(32)33)25-23-26-19(27-34-23)15-28-10-12-29(13-11-28)20-7-3-4-8-24-20/h3-4,7-8,16-18H,5-6,9-15H2,1-2H3,(H,32,33)(H,25,26,27). The molecule has 0 aliphatic carbocycles. The van der Waals surface area contributed by atoms with Crippen LogP contribution in [0.1, 0.15) is 38.9 Å². The molecule has 2 N–H and O–H groups in total. The molecule has 4 rings (SSSR count). The molecule has 1 amide bonds. The molecule has 0 saturated carbocycles. The molecule has 2 atom stereocenters. The van der Waals surface area contributed by atoms with E-state index in [2.05, 4.69) is 43.3 Å². The molecule has 2 aliphatic rings. The maximum Gasteiger partial charge on any atom is 0.326 e. The molecule has 2 aromatic rings. The number of pyridine rings is 1. The van der Waals surface area contributed by atoms with Crippen LogP contribution in [-0.4, -0.2) is 85.9 Å². The third-order valence-corrected chi connectivity index (χ3v) is 6.99. The van der Waals surface area contributed by atoms with Crippen LogP contribution in [0.4, 0.5) is 10.9 Å². The molecule has 4 heterocycles. The molecule has 0 radical (unpaired) electrons. The lowest BCUT2D eigenvalue weighted by Gasteiger charge is -2.34. The van der Waals surface area contributed by atoms with Gasteiger partial charge >= 0.3 is 5.97 Å². The minimum atomic E-state index is -0.935. The van der Waals surface area contributed by atoms with Gasteiger partial charge in [0, 0.05) is 50.5 Å². The van der Waals surface area contributed by atoms with E-state index in [-0.39, 0.29) is 11.8 Å². The van der Waals surface area contributed by atoms with Gasteiger partial charge in [-0.1, -0.05) is 19.9 Å². The zero-order valence-corrected chi connectivity index (χ0v) is 20.6. The largest absolute Gasteiger partial charge is 0.480 e. The summed E-state index contributed by atoms with van der Waals surface area (Å²) in [5.74, 6) is 0.912. The Morgan fingerprint density at radius 1 is 1.21 bits per heavy atom. The van der Waals surface area contributed by atoms with E-state index >= 15 is 0 Å². The summed E-state index contributed by atoms with van der Waals surface area (Å²) in [5, 5.41) is 13.3. The Morgan fingerprint density at radius 3 is 2.68 bits per heavy atom. The van der Waals surface area contributed by atoms with Gasteiger partial charge in [0.25, 0.3) is 0 Å². The van der Waals surface area contributed by atoms with Gasteiger partial charge in [0.2, 0.25) is 11.0 Å². The fourth-order valence-corrected chi connectivity index (χ4v) is 5.21. The molecule has 2 fully saturated rings. The molecule has 34 heavy (non-hydrogen) atoms. The van der Waals surface area contributed by atoms with Crippen LogP contribution in [0.5, 0.6) is 0 Å². The first-order valence-corrected chi connectivity index (χ1v) is 12.7. The molecule has 184 valence electrons. The summed E-state index contributed by atoms with van der Waals surface area (Å²) in [4.78, 5) is 40.0. The number of likely N-dealkylation sites (tertiary alicyclic amines) is 1. The first kappa shape index (κ1) is 24.3. The zero-order chi connectivity index (χ0) is 24.1. The fourth-order valence-electron chi connectivity index (χ4n) is 4.58. The van der Waals surface area contributed by atoms with Crippen molar-refractivity contribution in [2.45, 2.75) is 51.7 Å². The fraction of sp³-hybridized carbons (Fsp3) is 0.609. The lowest BCUT2D eigenvalue weighted by molar-refractivity contribution is -0.148. The van der Waals surface area contributed by atoms with E-state index < -0.39 is 18.1 Å². The Hall–Kier alpha value is -2.79. The van der Waals surface area contributed by atoms with Gasteiger partial charge in [-0.05, 0) is 37.3 Å². The van der Waals surface area contributed by atoms with Gasteiger partial charge in [0.05, 0.1) is 6.54 Å². The molecular weight excluding hydrogens is 454 g/mol. The second-order valence-electron chi connectivity index (χ2n) is 9.32. The van der Waals surface area contributed by atoms with Crippen molar-refractivity contribution in [3.8, 4) is 0 Å². The Bertz CT molecular complexity index is 962. The summed E-state index contributed by atoms with van der Waals surface area (Å²) >= 11 is 1.25. The quantitative estimate of drug-likeness (QED) is 0.549. The summed E-state index contributed by atoms with van der Waals surface area (Å²) in [6.07, 6.45) is 3.64. The van der Waals surface area contributed by atoms with Gasteiger partial charge in [-0.3, -0.25) is 9.69 Å². The van der Waals surface area contributed by atoms with E-state index in [1.807, 2.05) is 24.4 Å². The second kappa shape index (κ2) is 11.1. The molecule has 11 heteroatoms. The third kappa shape index (κ3) is 6.01. The van der Waals surface area contributed by atoms with Gasteiger partial charge in [0.15, 0.2) is 5.82 Å². The van der Waals surface area contributed by atoms with E-state index in [9.17, 15) is 14.7 Å². The molecule has 2 aromatic heterocycles. The maximum atomic E-state index is 13.2. The number of carbonyl (C=O) groups is 2. The number of amides is 1. The van der Waals surface area contributed by atoms with Crippen molar-refractivity contribution in [2.75, 3.05) is 42.9 Å². The zero-order valence-electron chi connectivity index (χ0n) is 19.8. The molecule has 2 unspecified atom stereocenters. The molecular formula is C23H33N7O3S. The van der Waals surface area contributed by atoms with Crippen LogP contribution in [0.15, 0.2) is 24.4 Å². The minimum Gasteiger partial charge on any atom is -0.480 e. The molecule has 10 nitrogen and oxygen atoms in total. The summed E-state index contributed by atoms with van der Waals surface area (Å²) in [6, 6.07) is 4.71. The second-order valence-corrected chi connectivity index (χ2v) is 10.1. The summed E-state index contributed by atoms with van der Waals surface area (Å²) < 4.78 is 4.50. The van der Waals surface area contributed by atoms with Crippen LogP contribution in [-0.2, 0) is 16.1 Å². The summed E-state index contributed by atoms with van der Waals surface area (Å²) in [6.45, 7) is 8.85. The first-order valence-electron chi connectivity index (χ1n) is 11.9. The summed E-state index contributed by atoms with van der Waals surface area (Å²) in [5.41, 5.74) is 0. The Kier molecular flexibility index (Phi) is 7.94. The van der Waals surface area contributed by atoms with Crippen LogP contribution < -0.4 is 10.2 Å². The molecule has 2 aliphatic heterocycles. The molecule has 0 spiro atoms. The number of nitrogens with zero attached hydrogens (tertiary/aromatic N) is 6. The van der Waals surface area contributed by atoms with E-state index in [0.29, 0.717) is 37.5 Å². The number of rotatable bonds is 9. The number of piperazine rings is 1. The average Bonchev–Trinajstić information content (AvgIpc) is 3.49. The average molecular weight is 488 g/mol. The van der Waals surface area contributed by atoms with Gasteiger partial charge in [-0.25, -0.2) is 14.8 Å². The highest BCUT2D eigenvalue weighted by Crippen LogP contribution is 2.23. The van der Waals surface area contributed by atoms with Crippen LogP contribution in [0.25, 0.3) is 0 Å². The van der Waals surface area contributed by atoms with Crippen LogP contribution >= 0.6 is 11.5 Å². The number of hydrogen-bond acceptors (Lipinski definition) is 9. The molecule has 0 bridgehead atoms. The van der Waals surface area contributed by atoms with Gasteiger partial charge in [-0.15, -0.1) is 0 Å². The van der Waals surface area contributed by atoms with Crippen molar-refractivity contribution in [1.82, 2.24) is 24.1 Å². The van der Waals surface area contributed by atoms with Crippen LogP contribution in [0.2, 0.25) is 0 Å². The number of anilines is 2. The number of carbonyl (C=O) groups excluding carboxylic acids is 1. The summed E-state index contributed by atoms with van der Waals surface area (Å²) in [7, 11) is 0. The van der Waals surface area contributed by atoms with Crippen LogP contribution in [0.3, 0.4) is 0 Å². The van der Waals surface area contributed by atoms with E-state index in [0.717, 1.165) is 37.8 Å². The van der Waals surface area contributed by atoms with Crippen molar-refractivity contribution in [1.29, 1.82) is 0 Å². The Labute approximate surface area is 204 Å². The van der Waals surface area contributed by atoms with E-state index in [4.69, 9.17) is 0 Å². The number of hydrogen-bond donors (Lipinski definition) is 2. The molecule has 2 saturated heterocycles. The van der Waals surface area contributed by atoms with Crippen molar-refractivity contribution >= 4 is 34.4 Å². The SMILES string of the molecule is CC(C)CC(Nc1nc(CN2CCN(c3ccccn3)CC2)ns1)C(=O)N1CCCC1C(=O)O. The topological polar surface area (TPSA) is 115 Å². The Balaban J connectivity index is 1.34. The Morgan fingerprint density at radius 2 is 2.00 bits per heavy atom. The highest BCUT2D eigenvalue weighted by Gasteiger charge is 2.37. The van der Waals surface area contributed by atoms with Crippen molar-refractivity contribution < 1.29 is 14.7 Å².